The first-order valence-corrected chi connectivity index (χ1v) is 7.95. The molecule has 2 aromatic heterocycles. The van der Waals surface area contributed by atoms with Gasteiger partial charge >= 0.3 is 5.69 Å². The Morgan fingerprint density at radius 2 is 1.87 bits per heavy atom. The van der Waals surface area contributed by atoms with Crippen LogP contribution in [0.1, 0.15) is 44.0 Å². The van der Waals surface area contributed by atoms with E-state index in [4.69, 9.17) is 0 Å². The molecule has 0 radical (unpaired) electrons. The topological polar surface area (TPSA) is 88.1 Å². The van der Waals surface area contributed by atoms with Crippen LogP contribution in [0, 0.1) is 0 Å². The van der Waals surface area contributed by atoms with Gasteiger partial charge in [0, 0.05) is 25.8 Å². The van der Waals surface area contributed by atoms with E-state index in [1.54, 1.807) is 11.8 Å². The Morgan fingerprint density at radius 3 is 2.43 bits per heavy atom. The van der Waals surface area contributed by atoms with Crippen molar-refractivity contribution in [3.63, 3.8) is 0 Å². The van der Waals surface area contributed by atoms with E-state index in [0.717, 1.165) is 12.8 Å². The van der Waals surface area contributed by atoms with Crippen molar-refractivity contribution in [1.29, 1.82) is 0 Å². The molecule has 23 heavy (non-hydrogen) atoms. The third-order valence-electron chi connectivity index (χ3n) is 3.67. The summed E-state index contributed by atoms with van der Waals surface area (Å²) in [5.41, 5.74) is -0.342. The van der Waals surface area contributed by atoms with E-state index in [9.17, 15) is 14.4 Å². The molecule has 0 aliphatic rings. The van der Waals surface area contributed by atoms with Gasteiger partial charge in [-0.1, -0.05) is 13.8 Å². The smallest absolute Gasteiger partial charge is 0.329 e. The van der Waals surface area contributed by atoms with Crippen LogP contribution >= 0.6 is 0 Å². The molecule has 0 aliphatic heterocycles. The molecule has 124 valence electrons. The van der Waals surface area contributed by atoms with E-state index < -0.39 is 11.2 Å². The first-order valence-electron chi connectivity index (χ1n) is 7.95. The van der Waals surface area contributed by atoms with Crippen LogP contribution in [0.5, 0.6) is 0 Å². The predicted molar refractivity (Wildman–Crippen MR) is 88.8 cm³/mol. The van der Waals surface area contributed by atoms with Crippen LogP contribution in [0.4, 0.5) is 0 Å². The molecule has 2 heterocycles. The quantitative estimate of drug-likeness (QED) is 0.871. The highest BCUT2D eigenvalue weighted by Gasteiger charge is 2.17. The van der Waals surface area contributed by atoms with E-state index in [1.165, 1.54) is 16.8 Å². The number of nitrogens with zero attached hydrogens (tertiary/aromatic N) is 3. The van der Waals surface area contributed by atoms with Crippen molar-refractivity contribution in [2.45, 2.75) is 40.2 Å². The molecule has 7 heteroatoms. The van der Waals surface area contributed by atoms with Crippen molar-refractivity contribution in [1.82, 2.24) is 19.4 Å². The van der Waals surface area contributed by atoms with Gasteiger partial charge in [-0.3, -0.25) is 19.1 Å². The average Bonchev–Trinajstić information content (AvgIpc) is 2.54. The van der Waals surface area contributed by atoms with Crippen molar-refractivity contribution in [3.8, 4) is 0 Å². The maximum atomic E-state index is 12.6. The molecule has 2 rings (SSSR count). The number of amides is 1. The molecule has 7 nitrogen and oxygen atoms in total. The van der Waals surface area contributed by atoms with Gasteiger partial charge in [-0.25, -0.2) is 9.78 Å². The van der Waals surface area contributed by atoms with Gasteiger partial charge in [0.05, 0.1) is 10.9 Å². The zero-order valence-electron chi connectivity index (χ0n) is 13.8. The number of pyridine rings is 1. The highest BCUT2D eigenvalue weighted by Crippen LogP contribution is 2.11. The van der Waals surface area contributed by atoms with Gasteiger partial charge in [0.15, 0.2) is 0 Å². The second kappa shape index (κ2) is 7.21. The van der Waals surface area contributed by atoms with Gasteiger partial charge in [0.2, 0.25) is 0 Å². The van der Waals surface area contributed by atoms with Gasteiger partial charge in [-0.2, -0.15) is 0 Å². The molecule has 2 aromatic rings. The highest BCUT2D eigenvalue weighted by molar-refractivity contribution is 5.96. The number of hydrogen-bond donors (Lipinski definition) is 1. The Bertz CT molecular complexity index is 816. The summed E-state index contributed by atoms with van der Waals surface area (Å²) in [6.45, 7) is 7.54. The summed E-state index contributed by atoms with van der Waals surface area (Å²) in [6.07, 6.45) is 3.17. The summed E-state index contributed by atoms with van der Waals surface area (Å²) in [6, 6.07) is 1.52. The van der Waals surface area contributed by atoms with Crippen LogP contribution in [0.2, 0.25) is 0 Å². The first-order chi connectivity index (χ1) is 11.0. The fourth-order valence-corrected chi connectivity index (χ4v) is 2.62. The Morgan fingerprint density at radius 1 is 1.22 bits per heavy atom. The molecular weight excluding hydrogens is 296 g/mol. The highest BCUT2D eigenvalue weighted by atomic mass is 16.2. The fourth-order valence-electron chi connectivity index (χ4n) is 2.62. The third-order valence-corrected chi connectivity index (χ3v) is 3.67. The molecule has 0 bridgehead atoms. The predicted octanol–water partition coefficient (Wildman–Crippen LogP) is 1.37. The fraction of sp³-hybridized carbons (Fsp3) is 0.500. The normalized spacial score (nSPS) is 10.9. The summed E-state index contributed by atoms with van der Waals surface area (Å²) in [7, 11) is 0. The number of H-pyrrole nitrogens is 1. The number of aromatic nitrogens is 3. The molecule has 0 saturated carbocycles. The number of fused-ring (bicyclic) bond motifs is 1. The number of carbonyl (C=O) groups excluding carboxylic acids is 1. The van der Waals surface area contributed by atoms with Crippen LogP contribution in [-0.2, 0) is 6.54 Å². The number of aryl methyl sites for hydroxylation is 1. The number of rotatable bonds is 6. The van der Waals surface area contributed by atoms with Crippen molar-refractivity contribution >= 4 is 16.9 Å². The number of nitrogens with one attached hydrogen (secondary N) is 1. The first kappa shape index (κ1) is 16.9. The van der Waals surface area contributed by atoms with Gasteiger partial charge in [-0.05, 0) is 25.8 Å². The van der Waals surface area contributed by atoms with Gasteiger partial charge in [0.25, 0.3) is 11.5 Å². The second-order valence-corrected chi connectivity index (χ2v) is 5.39. The Kier molecular flexibility index (Phi) is 5.31. The maximum Gasteiger partial charge on any atom is 0.329 e. The lowest BCUT2D eigenvalue weighted by Gasteiger charge is -2.21. The summed E-state index contributed by atoms with van der Waals surface area (Å²) in [5, 5.41) is 0.255. The largest absolute Gasteiger partial charge is 0.339 e. The average molecular weight is 318 g/mol. The number of aromatic amines is 1. The molecule has 0 aliphatic carbocycles. The van der Waals surface area contributed by atoms with E-state index in [0.29, 0.717) is 30.8 Å². The van der Waals surface area contributed by atoms with E-state index >= 15 is 0 Å². The van der Waals surface area contributed by atoms with Crippen molar-refractivity contribution in [3.05, 3.63) is 38.7 Å². The lowest BCUT2D eigenvalue weighted by atomic mass is 10.2. The monoisotopic (exact) mass is 318 g/mol. The number of carbonyl (C=O) groups is 1. The van der Waals surface area contributed by atoms with E-state index in [-0.39, 0.29) is 11.3 Å². The summed E-state index contributed by atoms with van der Waals surface area (Å²) >= 11 is 0. The molecule has 0 aromatic carbocycles. The van der Waals surface area contributed by atoms with Gasteiger partial charge in [-0.15, -0.1) is 0 Å². The Hall–Kier alpha value is -2.44. The van der Waals surface area contributed by atoms with Crippen LogP contribution in [0.3, 0.4) is 0 Å². The second-order valence-electron chi connectivity index (χ2n) is 5.39. The van der Waals surface area contributed by atoms with E-state index in [2.05, 4.69) is 9.97 Å². The minimum absolute atomic E-state index is 0.142. The molecular formula is C16H22N4O3. The maximum absolute atomic E-state index is 12.6. The van der Waals surface area contributed by atoms with Crippen LogP contribution in [0.15, 0.2) is 21.9 Å². The Labute approximate surface area is 134 Å². The molecule has 0 spiro atoms. The summed E-state index contributed by atoms with van der Waals surface area (Å²) < 4.78 is 1.38. The molecule has 1 N–H and O–H groups in total. The van der Waals surface area contributed by atoms with Crippen LogP contribution < -0.4 is 11.2 Å². The molecule has 0 unspecified atom stereocenters. The molecule has 0 fully saturated rings. The summed E-state index contributed by atoms with van der Waals surface area (Å²) in [5.74, 6) is -0.142. The SMILES string of the molecule is CCCN(CCC)C(=O)c1cnc2c(c1)c(=O)[nH]c(=O)n2CC. The van der Waals surface area contributed by atoms with Crippen LogP contribution in [0.25, 0.3) is 11.0 Å². The van der Waals surface area contributed by atoms with Crippen molar-refractivity contribution in [2.24, 2.45) is 0 Å². The standard InChI is InChI=1S/C16H22N4O3/c1-4-7-19(8-5-2)15(22)11-9-12-13(17-10-11)20(6-3)16(23)18-14(12)21/h9-10H,4-8H2,1-3H3,(H,18,21,23). The zero-order valence-corrected chi connectivity index (χ0v) is 13.8. The molecule has 0 saturated heterocycles. The third kappa shape index (κ3) is 3.33. The van der Waals surface area contributed by atoms with Crippen molar-refractivity contribution < 1.29 is 4.79 Å². The Balaban J connectivity index is 2.54. The lowest BCUT2D eigenvalue weighted by molar-refractivity contribution is 0.0755. The van der Waals surface area contributed by atoms with E-state index in [1.807, 2.05) is 13.8 Å². The van der Waals surface area contributed by atoms with Crippen molar-refractivity contribution in [2.75, 3.05) is 13.1 Å². The van der Waals surface area contributed by atoms with Gasteiger partial charge in [0.1, 0.15) is 5.65 Å². The minimum Gasteiger partial charge on any atom is -0.339 e. The zero-order chi connectivity index (χ0) is 17.0. The van der Waals surface area contributed by atoms with Gasteiger partial charge < -0.3 is 4.90 Å². The minimum atomic E-state index is -0.519. The molecule has 1 amide bonds. The summed E-state index contributed by atoms with van der Waals surface area (Å²) in [4.78, 5) is 44.6. The lowest BCUT2D eigenvalue weighted by Crippen LogP contribution is -2.33. The van der Waals surface area contributed by atoms with Crippen LogP contribution in [-0.4, -0.2) is 38.4 Å². The number of hydrogen-bond acceptors (Lipinski definition) is 4. The molecule has 0 atom stereocenters.